The van der Waals surface area contributed by atoms with E-state index in [0.29, 0.717) is 0 Å². The highest BCUT2D eigenvalue weighted by molar-refractivity contribution is 5.22. The van der Waals surface area contributed by atoms with E-state index in [1.54, 1.807) is 6.08 Å². The quantitative estimate of drug-likeness (QED) is 0.448. The van der Waals surface area contributed by atoms with Gasteiger partial charge in [-0.1, -0.05) is 24.3 Å². The molecular formula is C6H7. The lowest BCUT2D eigenvalue weighted by Gasteiger charge is -2.06. The minimum Gasteiger partial charge on any atom is -0.0810 e. The Morgan fingerprint density at radius 2 is 2.50 bits per heavy atom. The maximum absolute atomic E-state index is 5.14. The van der Waals surface area contributed by atoms with Crippen molar-refractivity contribution in [3.05, 3.63) is 24.3 Å². The molecule has 0 heteroatoms. The second-order valence-corrected chi connectivity index (χ2v) is 1.48. The van der Waals surface area contributed by atoms with E-state index in [4.69, 9.17) is 6.58 Å². The third-order valence-corrected chi connectivity index (χ3v) is 1.05. The van der Waals surface area contributed by atoms with Crippen LogP contribution in [-0.4, -0.2) is 0 Å². The van der Waals surface area contributed by atoms with Crippen LogP contribution in [0.2, 0.25) is 0 Å². The van der Waals surface area contributed by atoms with E-state index >= 15 is 0 Å². The van der Waals surface area contributed by atoms with Gasteiger partial charge in [-0.2, -0.15) is 0 Å². The van der Waals surface area contributed by atoms with Crippen molar-refractivity contribution in [2.75, 3.05) is 0 Å². The predicted octanol–water partition coefficient (Wildman–Crippen LogP) is 1.70. The molecule has 0 bridgehead atoms. The first kappa shape index (κ1) is 3.66. The minimum atomic E-state index is 1.19. The van der Waals surface area contributed by atoms with E-state index < -0.39 is 0 Å². The minimum absolute atomic E-state index is 1.19. The molecule has 0 atom stereocenters. The van der Waals surface area contributed by atoms with Gasteiger partial charge in [-0.15, -0.1) is 0 Å². The zero-order valence-corrected chi connectivity index (χ0v) is 3.65. The smallest absolute Gasteiger partial charge is 0.0247 e. The second-order valence-electron chi connectivity index (χ2n) is 1.48. The molecule has 0 aromatic rings. The summed E-state index contributed by atoms with van der Waals surface area (Å²) in [4.78, 5) is 0. The Balaban J connectivity index is 2.52. The fraction of sp³-hybridized carbons (Fsp3) is 0.333. The highest BCUT2D eigenvalue weighted by Gasteiger charge is 1.97. The van der Waals surface area contributed by atoms with Gasteiger partial charge in [-0.3, -0.25) is 0 Å². The van der Waals surface area contributed by atoms with Crippen molar-refractivity contribution in [3.63, 3.8) is 0 Å². The zero-order chi connectivity index (χ0) is 4.41. The second kappa shape index (κ2) is 1.29. The van der Waals surface area contributed by atoms with E-state index in [1.807, 2.05) is 0 Å². The SMILES string of the molecule is [CH]=CC1=CCC1. The summed E-state index contributed by atoms with van der Waals surface area (Å²) in [5, 5.41) is 0. The van der Waals surface area contributed by atoms with Crippen LogP contribution in [0, 0.1) is 6.58 Å². The van der Waals surface area contributed by atoms with E-state index in [0.717, 1.165) is 0 Å². The largest absolute Gasteiger partial charge is 0.0810 e. The standard InChI is InChI=1S/C6H7/c1-2-6-4-3-5-6/h1-2,4H,3,5H2. The van der Waals surface area contributed by atoms with Gasteiger partial charge in [0.15, 0.2) is 0 Å². The number of hydrogen-bond acceptors (Lipinski definition) is 0. The van der Waals surface area contributed by atoms with Crippen molar-refractivity contribution in [2.24, 2.45) is 0 Å². The first-order valence-corrected chi connectivity index (χ1v) is 2.17. The lowest BCUT2D eigenvalue weighted by Crippen LogP contribution is -1.86. The molecule has 0 saturated carbocycles. The summed E-state index contributed by atoms with van der Waals surface area (Å²) >= 11 is 0. The van der Waals surface area contributed by atoms with Gasteiger partial charge in [0.05, 0.1) is 0 Å². The van der Waals surface area contributed by atoms with Gasteiger partial charge in [-0.05, 0) is 12.8 Å². The van der Waals surface area contributed by atoms with Crippen LogP contribution < -0.4 is 0 Å². The van der Waals surface area contributed by atoms with Crippen molar-refractivity contribution in [2.45, 2.75) is 12.8 Å². The highest BCUT2D eigenvalue weighted by atomic mass is 14.0. The molecule has 0 fully saturated rings. The van der Waals surface area contributed by atoms with Gasteiger partial charge < -0.3 is 0 Å². The van der Waals surface area contributed by atoms with Crippen molar-refractivity contribution in [1.29, 1.82) is 0 Å². The number of rotatable bonds is 1. The van der Waals surface area contributed by atoms with Gasteiger partial charge in [0, 0.05) is 0 Å². The predicted molar refractivity (Wildman–Crippen MR) is 26.2 cm³/mol. The zero-order valence-electron chi connectivity index (χ0n) is 3.65. The molecule has 0 aromatic carbocycles. The summed E-state index contributed by atoms with van der Waals surface area (Å²) in [5.41, 5.74) is 1.30. The average Bonchev–Trinajstić information content (AvgIpc) is 1.31. The van der Waals surface area contributed by atoms with Gasteiger partial charge >= 0.3 is 0 Å². The van der Waals surface area contributed by atoms with Crippen molar-refractivity contribution < 1.29 is 0 Å². The fourth-order valence-electron chi connectivity index (χ4n) is 0.462. The normalized spacial score (nSPS) is 18.3. The molecule has 0 aromatic heterocycles. The van der Waals surface area contributed by atoms with Crippen LogP contribution in [0.1, 0.15) is 12.8 Å². The molecule has 0 aliphatic heterocycles. The molecule has 6 heavy (non-hydrogen) atoms. The molecule has 1 aliphatic carbocycles. The summed E-state index contributed by atoms with van der Waals surface area (Å²) in [6.45, 7) is 5.14. The molecule has 0 unspecified atom stereocenters. The third kappa shape index (κ3) is 0.383. The maximum atomic E-state index is 5.14. The van der Waals surface area contributed by atoms with Crippen molar-refractivity contribution >= 4 is 0 Å². The van der Waals surface area contributed by atoms with Crippen LogP contribution in [0.25, 0.3) is 0 Å². The van der Waals surface area contributed by atoms with Crippen LogP contribution in [0.5, 0.6) is 0 Å². The molecule has 31 valence electrons. The summed E-state index contributed by atoms with van der Waals surface area (Å²) in [6, 6.07) is 0. The Morgan fingerprint density at radius 3 is 2.50 bits per heavy atom. The Labute approximate surface area is 38.2 Å². The molecular weight excluding hydrogens is 72.1 g/mol. The van der Waals surface area contributed by atoms with E-state index in [-0.39, 0.29) is 0 Å². The molecule has 0 spiro atoms. The Morgan fingerprint density at radius 1 is 1.83 bits per heavy atom. The molecule has 0 saturated heterocycles. The monoisotopic (exact) mass is 79.1 g/mol. The van der Waals surface area contributed by atoms with Crippen LogP contribution >= 0.6 is 0 Å². The van der Waals surface area contributed by atoms with Crippen LogP contribution in [0.15, 0.2) is 17.7 Å². The Kier molecular flexibility index (Phi) is 0.789. The summed E-state index contributed by atoms with van der Waals surface area (Å²) in [6.07, 6.45) is 6.23. The molecule has 0 N–H and O–H groups in total. The number of hydrogen-bond donors (Lipinski definition) is 0. The molecule has 1 aliphatic rings. The Bertz CT molecular complexity index is 88.2. The van der Waals surface area contributed by atoms with Crippen LogP contribution in [0.3, 0.4) is 0 Å². The van der Waals surface area contributed by atoms with Gasteiger partial charge in [0.2, 0.25) is 0 Å². The van der Waals surface area contributed by atoms with Crippen molar-refractivity contribution in [1.82, 2.24) is 0 Å². The molecule has 0 heterocycles. The first-order valence-electron chi connectivity index (χ1n) is 2.17. The average molecular weight is 79.1 g/mol. The number of allylic oxidation sites excluding steroid dienone is 3. The van der Waals surface area contributed by atoms with Crippen LogP contribution in [-0.2, 0) is 0 Å². The summed E-state index contributed by atoms with van der Waals surface area (Å²) in [5.74, 6) is 0. The first-order chi connectivity index (χ1) is 2.93. The highest BCUT2D eigenvalue weighted by Crippen LogP contribution is 2.17. The lowest BCUT2D eigenvalue weighted by atomic mass is 10.00. The molecule has 1 radical (unpaired) electrons. The lowest BCUT2D eigenvalue weighted by molar-refractivity contribution is 0.907. The molecule has 0 amide bonds. The van der Waals surface area contributed by atoms with Gasteiger partial charge in [-0.25, -0.2) is 0 Å². The van der Waals surface area contributed by atoms with Gasteiger partial charge in [0.1, 0.15) is 0 Å². The third-order valence-electron chi connectivity index (χ3n) is 1.05. The Hall–Kier alpha value is -0.520. The summed E-state index contributed by atoms with van der Waals surface area (Å²) < 4.78 is 0. The fourth-order valence-corrected chi connectivity index (χ4v) is 0.462. The van der Waals surface area contributed by atoms with Gasteiger partial charge in [0.25, 0.3) is 0 Å². The van der Waals surface area contributed by atoms with Crippen molar-refractivity contribution in [3.8, 4) is 0 Å². The van der Waals surface area contributed by atoms with Crippen LogP contribution in [0.4, 0.5) is 0 Å². The van der Waals surface area contributed by atoms with E-state index in [2.05, 4.69) is 6.08 Å². The van der Waals surface area contributed by atoms with E-state index in [1.165, 1.54) is 18.4 Å². The van der Waals surface area contributed by atoms with E-state index in [9.17, 15) is 0 Å². The molecule has 1 rings (SSSR count). The topological polar surface area (TPSA) is 0 Å². The summed E-state index contributed by atoms with van der Waals surface area (Å²) in [7, 11) is 0. The molecule has 0 nitrogen and oxygen atoms in total. The maximum Gasteiger partial charge on any atom is -0.0247 e.